The monoisotopic (exact) mass is 398 g/mol. The predicted octanol–water partition coefficient (Wildman–Crippen LogP) is 4.77. The van der Waals surface area contributed by atoms with Crippen molar-refractivity contribution in [1.82, 2.24) is 19.9 Å². The average molecular weight is 398 g/mol. The lowest BCUT2D eigenvalue weighted by Crippen LogP contribution is -2.37. The molecular formula is C24H22N4O2. The molecule has 30 heavy (non-hydrogen) atoms. The van der Waals surface area contributed by atoms with Gasteiger partial charge in [-0.3, -0.25) is 9.78 Å². The third kappa shape index (κ3) is 3.64. The van der Waals surface area contributed by atoms with E-state index in [1.165, 1.54) is 10.9 Å². The van der Waals surface area contributed by atoms with Crippen molar-refractivity contribution >= 4 is 16.9 Å². The summed E-state index contributed by atoms with van der Waals surface area (Å²) < 4.78 is 5.75. The Kier molecular flexibility index (Phi) is 4.89. The minimum absolute atomic E-state index is 0.0713. The quantitative estimate of drug-likeness (QED) is 0.537. The Bertz CT molecular complexity index is 1150. The van der Waals surface area contributed by atoms with Crippen LogP contribution in [0.2, 0.25) is 0 Å². The maximum atomic E-state index is 12.9. The Balaban J connectivity index is 1.22. The third-order valence-electron chi connectivity index (χ3n) is 5.68. The molecule has 0 saturated carbocycles. The van der Waals surface area contributed by atoms with E-state index in [9.17, 15) is 4.79 Å². The number of piperidine rings is 1. The van der Waals surface area contributed by atoms with Crippen LogP contribution in [-0.4, -0.2) is 38.8 Å². The largest absolute Gasteiger partial charge is 0.456 e. The molecule has 1 amide bonds. The molecule has 1 aliphatic rings. The first kappa shape index (κ1) is 18.4. The molecule has 6 nitrogen and oxygen atoms in total. The molecule has 5 rings (SSSR count). The van der Waals surface area contributed by atoms with Gasteiger partial charge in [-0.25, -0.2) is 4.98 Å². The number of H-pyrrole nitrogens is 1. The molecule has 4 heterocycles. The molecule has 0 bridgehead atoms. The number of aromatic nitrogens is 3. The Morgan fingerprint density at radius 1 is 1.00 bits per heavy atom. The topological polar surface area (TPSA) is 71.1 Å². The van der Waals surface area contributed by atoms with Crippen molar-refractivity contribution in [3.05, 3.63) is 84.4 Å². The van der Waals surface area contributed by atoms with E-state index in [1.807, 2.05) is 47.4 Å². The highest BCUT2D eigenvalue weighted by atomic mass is 16.5. The molecule has 1 saturated heterocycles. The van der Waals surface area contributed by atoms with Gasteiger partial charge in [-0.15, -0.1) is 0 Å². The van der Waals surface area contributed by atoms with Crippen LogP contribution in [0.4, 0.5) is 0 Å². The number of hydrogen-bond donors (Lipinski definition) is 1. The molecular weight excluding hydrogens is 376 g/mol. The zero-order valence-electron chi connectivity index (χ0n) is 16.5. The van der Waals surface area contributed by atoms with Gasteiger partial charge in [-0.2, -0.15) is 0 Å². The fraction of sp³-hybridized carbons (Fsp3) is 0.208. The minimum atomic E-state index is 0.0713. The molecule has 0 unspecified atom stereocenters. The van der Waals surface area contributed by atoms with Gasteiger partial charge < -0.3 is 14.6 Å². The van der Waals surface area contributed by atoms with Crippen molar-refractivity contribution in [2.75, 3.05) is 13.1 Å². The summed E-state index contributed by atoms with van der Waals surface area (Å²) in [5.74, 6) is 1.88. The highest BCUT2D eigenvalue weighted by molar-refractivity contribution is 5.94. The fourth-order valence-corrected chi connectivity index (χ4v) is 4.10. The van der Waals surface area contributed by atoms with E-state index < -0.39 is 0 Å². The number of amides is 1. The third-order valence-corrected chi connectivity index (χ3v) is 5.68. The molecule has 4 aromatic rings. The highest BCUT2D eigenvalue weighted by Crippen LogP contribution is 2.33. The van der Waals surface area contributed by atoms with Crippen LogP contribution in [0.15, 0.2) is 73.3 Å². The number of nitrogens with zero attached hydrogens (tertiary/aromatic N) is 3. The van der Waals surface area contributed by atoms with Gasteiger partial charge in [0.05, 0.1) is 6.20 Å². The van der Waals surface area contributed by atoms with Crippen LogP contribution in [0.5, 0.6) is 11.5 Å². The Morgan fingerprint density at radius 2 is 1.80 bits per heavy atom. The summed E-state index contributed by atoms with van der Waals surface area (Å²) in [7, 11) is 0. The van der Waals surface area contributed by atoms with E-state index in [-0.39, 0.29) is 5.91 Å². The summed E-state index contributed by atoms with van der Waals surface area (Å²) in [6.45, 7) is 1.51. The van der Waals surface area contributed by atoms with Crippen LogP contribution in [0.25, 0.3) is 11.0 Å². The number of pyridine rings is 2. The van der Waals surface area contributed by atoms with Crippen LogP contribution in [0.1, 0.15) is 34.7 Å². The fourth-order valence-electron chi connectivity index (χ4n) is 4.10. The Hall–Kier alpha value is -3.67. The molecule has 0 spiro atoms. The standard InChI is InChI=1S/C24H22N4O2/c29-24(18-5-7-19(8-6-18)30-20-3-1-11-25-15-20)28-13-9-17(10-14-28)22-16-27-23-21(22)4-2-12-26-23/h1-8,11-12,15-17H,9-10,13-14H2,(H,26,27). The van der Waals surface area contributed by atoms with Crippen LogP contribution < -0.4 is 4.74 Å². The number of hydrogen-bond acceptors (Lipinski definition) is 4. The lowest BCUT2D eigenvalue weighted by Gasteiger charge is -2.32. The minimum Gasteiger partial charge on any atom is -0.456 e. The van der Waals surface area contributed by atoms with E-state index >= 15 is 0 Å². The van der Waals surface area contributed by atoms with Crippen LogP contribution >= 0.6 is 0 Å². The van der Waals surface area contributed by atoms with Crippen molar-refractivity contribution in [2.24, 2.45) is 0 Å². The van der Waals surface area contributed by atoms with E-state index in [0.29, 0.717) is 23.0 Å². The Morgan fingerprint density at radius 3 is 2.57 bits per heavy atom. The summed E-state index contributed by atoms with van der Waals surface area (Å²) >= 11 is 0. The second-order valence-corrected chi connectivity index (χ2v) is 7.53. The van der Waals surface area contributed by atoms with Crippen molar-refractivity contribution in [2.45, 2.75) is 18.8 Å². The van der Waals surface area contributed by atoms with Gasteiger partial charge in [0.25, 0.3) is 5.91 Å². The van der Waals surface area contributed by atoms with E-state index in [0.717, 1.165) is 31.6 Å². The van der Waals surface area contributed by atoms with Crippen molar-refractivity contribution in [1.29, 1.82) is 0 Å². The molecule has 3 aromatic heterocycles. The summed E-state index contributed by atoms with van der Waals surface area (Å²) in [5, 5.41) is 1.19. The number of fused-ring (bicyclic) bond motifs is 1. The number of carbonyl (C=O) groups is 1. The maximum absolute atomic E-state index is 12.9. The number of aromatic amines is 1. The molecule has 1 fully saturated rings. The maximum Gasteiger partial charge on any atom is 0.253 e. The molecule has 0 radical (unpaired) electrons. The number of likely N-dealkylation sites (tertiary alicyclic amines) is 1. The van der Waals surface area contributed by atoms with Crippen molar-refractivity contribution in [3.8, 4) is 11.5 Å². The zero-order valence-corrected chi connectivity index (χ0v) is 16.5. The van der Waals surface area contributed by atoms with Crippen molar-refractivity contribution < 1.29 is 9.53 Å². The molecule has 150 valence electrons. The second kappa shape index (κ2) is 7.99. The molecule has 6 heteroatoms. The second-order valence-electron chi connectivity index (χ2n) is 7.53. The van der Waals surface area contributed by atoms with Gasteiger partial charge >= 0.3 is 0 Å². The Labute approximate surface area is 174 Å². The molecule has 1 N–H and O–H groups in total. The highest BCUT2D eigenvalue weighted by Gasteiger charge is 2.26. The summed E-state index contributed by atoms with van der Waals surface area (Å²) in [6.07, 6.45) is 9.14. The number of nitrogens with one attached hydrogen (secondary N) is 1. The van der Waals surface area contributed by atoms with E-state index in [2.05, 4.69) is 27.2 Å². The summed E-state index contributed by atoms with van der Waals surface area (Å²) in [5.41, 5.74) is 2.92. The van der Waals surface area contributed by atoms with Gasteiger partial charge in [0.15, 0.2) is 0 Å². The normalized spacial score (nSPS) is 14.7. The van der Waals surface area contributed by atoms with Gasteiger partial charge in [0, 0.05) is 42.6 Å². The first-order valence-electron chi connectivity index (χ1n) is 10.2. The lowest BCUT2D eigenvalue weighted by molar-refractivity contribution is 0.0713. The summed E-state index contributed by atoms with van der Waals surface area (Å²) in [6, 6.07) is 15.1. The summed E-state index contributed by atoms with van der Waals surface area (Å²) in [4.78, 5) is 26.6. The molecule has 1 aliphatic heterocycles. The van der Waals surface area contributed by atoms with Crippen LogP contribution in [-0.2, 0) is 0 Å². The first-order valence-corrected chi connectivity index (χ1v) is 10.2. The zero-order chi connectivity index (χ0) is 20.3. The predicted molar refractivity (Wildman–Crippen MR) is 115 cm³/mol. The number of rotatable bonds is 4. The average Bonchev–Trinajstić information content (AvgIpc) is 3.24. The SMILES string of the molecule is O=C(c1ccc(Oc2cccnc2)cc1)N1CCC(c2c[nH]c3ncccc23)CC1. The van der Waals surface area contributed by atoms with Crippen LogP contribution in [0, 0.1) is 0 Å². The van der Waals surface area contributed by atoms with Crippen LogP contribution in [0.3, 0.4) is 0 Å². The van der Waals surface area contributed by atoms with Gasteiger partial charge in [0.1, 0.15) is 17.1 Å². The molecule has 1 aromatic carbocycles. The first-order chi connectivity index (χ1) is 14.8. The molecule has 0 aliphatic carbocycles. The number of ether oxygens (including phenoxy) is 1. The smallest absolute Gasteiger partial charge is 0.253 e. The van der Waals surface area contributed by atoms with Gasteiger partial charge in [-0.05, 0) is 72.9 Å². The van der Waals surface area contributed by atoms with Crippen molar-refractivity contribution in [3.63, 3.8) is 0 Å². The number of carbonyl (C=O) groups excluding carboxylic acids is 1. The lowest BCUT2D eigenvalue weighted by atomic mass is 9.89. The number of benzene rings is 1. The van der Waals surface area contributed by atoms with E-state index in [1.54, 1.807) is 18.6 Å². The van der Waals surface area contributed by atoms with Gasteiger partial charge in [-0.1, -0.05) is 0 Å². The van der Waals surface area contributed by atoms with Gasteiger partial charge in [0.2, 0.25) is 0 Å². The van der Waals surface area contributed by atoms with E-state index in [4.69, 9.17) is 4.74 Å². The molecule has 0 atom stereocenters.